The predicted molar refractivity (Wildman–Crippen MR) is 90.2 cm³/mol. The fourth-order valence-corrected chi connectivity index (χ4v) is 2.66. The second-order valence-corrected chi connectivity index (χ2v) is 5.83. The minimum atomic E-state index is -0.257. The van der Waals surface area contributed by atoms with Crippen molar-refractivity contribution in [2.24, 2.45) is 0 Å². The number of hydrogen-bond donors (Lipinski definition) is 2. The van der Waals surface area contributed by atoms with Gasteiger partial charge in [-0.25, -0.2) is 0 Å². The number of para-hydroxylation sites is 1. The van der Waals surface area contributed by atoms with Crippen molar-refractivity contribution in [3.63, 3.8) is 0 Å². The smallest absolute Gasteiger partial charge is 0.251 e. The molecule has 0 heterocycles. The quantitative estimate of drug-likeness (QED) is 0.805. The van der Waals surface area contributed by atoms with E-state index in [1.165, 1.54) is 0 Å². The largest absolute Gasteiger partial charge is 0.343 e. The van der Waals surface area contributed by atoms with Crippen molar-refractivity contribution in [3.8, 4) is 0 Å². The highest BCUT2D eigenvalue weighted by Crippen LogP contribution is 2.26. The number of thioether (sulfide) groups is 1. The minimum absolute atomic E-state index is 0.0567. The van der Waals surface area contributed by atoms with E-state index in [4.69, 9.17) is 0 Å². The molecule has 4 nitrogen and oxygen atoms in total. The Kier molecular flexibility index (Phi) is 6.03. The highest BCUT2D eigenvalue weighted by atomic mass is 32.2. The highest BCUT2D eigenvalue weighted by Gasteiger charge is 2.09. The lowest BCUT2D eigenvalue weighted by Gasteiger charge is -2.10. The summed E-state index contributed by atoms with van der Waals surface area (Å²) in [5, 5.41) is 5.44. The number of carbonyl (C=O) groups is 2. The van der Waals surface area contributed by atoms with Crippen molar-refractivity contribution in [1.29, 1.82) is 0 Å². The molecule has 114 valence electrons. The van der Waals surface area contributed by atoms with Crippen LogP contribution in [0.25, 0.3) is 0 Å². The third-order valence-corrected chi connectivity index (χ3v) is 3.86. The summed E-state index contributed by atoms with van der Waals surface area (Å²) < 4.78 is 0. The summed E-state index contributed by atoms with van der Waals surface area (Å²) in [7, 11) is 0. The molecule has 2 amide bonds. The maximum absolute atomic E-state index is 12.0. The zero-order valence-corrected chi connectivity index (χ0v) is 13.2. The first kappa shape index (κ1) is 16.1. The second-order valence-electron chi connectivity index (χ2n) is 4.53. The number of carbonyl (C=O) groups excluding carboxylic acids is 2. The van der Waals surface area contributed by atoms with Crippen LogP contribution in [-0.4, -0.2) is 24.1 Å². The zero-order chi connectivity index (χ0) is 15.8. The van der Waals surface area contributed by atoms with E-state index in [2.05, 4.69) is 17.6 Å². The molecule has 0 spiro atoms. The second kappa shape index (κ2) is 8.24. The van der Waals surface area contributed by atoms with Gasteiger partial charge in [0.05, 0.1) is 12.2 Å². The first-order valence-electron chi connectivity index (χ1n) is 7.05. The normalized spacial score (nSPS) is 10.0. The number of anilines is 1. The molecule has 2 aromatic carbocycles. The van der Waals surface area contributed by atoms with E-state index in [-0.39, 0.29) is 18.4 Å². The molecule has 22 heavy (non-hydrogen) atoms. The Morgan fingerprint density at radius 3 is 2.41 bits per heavy atom. The Bertz CT molecular complexity index is 644. The van der Waals surface area contributed by atoms with Crippen molar-refractivity contribution >= 4 is 29.3 Å². The lowest BCUT2D eigenvalue weighted by Crippen LogP contribution is -2.32. The summed E-state index contributed by atoms with van der Waals surface area (Å²) in [5.74, 6) is 0.429. The summed E-state index contributed by atoms with van der Waals surface area (Å²) in [6.45, 7) is 2.00. The molecule has 2 rings (SSSR count). The molecule has 5 heteroatoms. The van der Waals surface area contributed by atoms with Gasteiger partial charge in [0.15, 0.2) is 0 Å². The van der Waals surface area contributed by atoms with Crippen LogP contribution in [0.4, 0.5) is 5.69 Å². The van der Waals surface area contributed by atoms with Crippen LogP contribution in [0.2, 0.25) is 0 Å². The summed E-state index contributed by atoms with van der Waals surface area (Å²) in [5.41, 5.74) is 1.31. The van der Waals surface area contributed by atoms with Gasteiger partial charge in [-0.15, -0.1) is 11.8 Å². The van der Waals surface area contributed by atoms with Gasteiger partial charge < -0.3 is 10.6 Å². The van der Waals surface area contributed by atoms with Crippen LogP contribution in [0.3, 0.4) is 0 Å². The number of amides is 2. The van der Waals surface area contributed by atoms with Gasteiger partial charge in [0.2, 0.25) is 5.91 Å². The monoisotopic (exact) mass is 314 g/mol. The molecule has 0 aliphatic rings. The molecule has 0 bridgehead atoms. The SMILES string of the molecule is CCSc1ccccc1NC(=O)CNC(=O)c1ccccc1. The molecule has 0 saturated heterocycles. The Labute approximate surface area is 134 Å². The third-order valence-electron chi connectivity index (χ3n) is 2.91. The van der Waals surface area contributed by atoms with E-state index in [0.29, 0.717) is 5.56 Å². The van der Waals surface area contributed by atoms with Gasteiger partial charge in [0.25, 0.3) is 5.91 Å². The molecule has 0 radical (unpaired) electrons. The van der Waals surface area contributed by atoms with Crippen LogP contribution in [0, 0.1) is 0 Å². The fraction of sp³-hybridized carbons (Fsp3) is 0.176. The van der Waals surface area contributed by atoms with Crippen LogP contribution < -0.4 is 10.6 Å². The summed E-state index contributed by atoms with van der Waals surface area (Å²) in [4.78, 5) is 24.9. The van der Waals surface area contributed by atoms with Crippen molar-refractivity contribution in [2.75, 3.05) is 17.6 Å². The molecule has 2 N–H and O–H groups in total. The fourth-order valence-electron chi connectivity index (χ4n) is 1.90. The first-order valence-corrected chi connectivity index (χ1v) is 8.04. The van der Waals surface area contributed by atoms with Crippen molar-refractivity contribution in [3.05, 3.63) is 60.2 Å². The van der Waals surface area contributed by atoms with E-state index in [1.807, 2.05) is 30.3 Å². The van der Waals surface area contributed by atoms with Crippen LogP contribution in [0.1, 0.15) is 17.3 Å². The average molecular weight is 314 g/mol. The number of benzene rings is 2. The van der Waals surface area contributed by atoms with Gasteiger partial charge in [-0.05, 0) is 30.0 Å². The number of hydrogen-bond acceptors (Lipinski definition) is 3. The van der Waals surface area contributed by atoms with Crippen molar-refractivity contribution in [2.45, 2.75) is 11.8 Å². The maximum atomic E-state index is 12.0. The molecule has 0 fully saturated rings. The Balaban J connectivity index is 1.90. The van der Waals surface area contributed by atoms with E-state index in [0.717, 1.165) is 16.3 Å². The van der Waals surface area contributed by atoms with Crippen molar-refractivity contribution < 1.29 is 9.59 Å². The summed E-state index contributed by atoms with van der Waals surface area (Å²) in [6.07, 6.45) is 0. The Hall–Kier alpha value is -2.27. The molecule has 0 atom stereocenters. The Morgan fingerprint density at radius 2 is 1.68 bits per heavy atom. The van der Waals surface area contributed by atoms with Gasteiger partial charge in [-0.3, -0.25) is 9.59 Å². The van der Waals surface area contributed by atoms with Gasteiger partial charge in [0, 0.05) is 10.5 Å². The molecular weight excluding hydrogens is 296 g/mol. The molecule has 0 saturated carbocycles. The molecule has 0 unspecified atom stereocenters. The van der Waals surface area contributed by atoms with Crippen LogP contribution in [-0.2, 0) is 4.79 Å². The van der Waals surface area contributed by atoms with E-state index >= 15 is 0 Å². The highest BCUT2D eigenvalue weighted by molar-refractivity contribution is 7.99. The molecule has 0 aliphatic carbocycles. The minimum Gasteiger partial charge on any atom is -0.343 e. The summed E-state index contributed by atoms with van der Waals surface area (Å²) >= 11 is 1.66. The lowest BCUT2D eigenvalue weighted by molar-refractivity contribution is -0.115. The van der Waals surface area contributed by atoms with Gasteiger partial charge in [0.1, 0.15) is 0 Å². The average Bonchev–Trinajstić information content (AvgIpc) is 2.55. The topological polar surface area (TPSA) is 58.2 Å². The number of rotatable bonds is 6. The maximum Gasteiger partial charge on any atom is 0.251 e. The molecule has 2 aromatic rings. The van der Waals surface area contributed by atoms with Gasteiger partial charge >= 0.3 is 0 Å². The van der Waals surface area contributed by atoms with Crippen molar-refractivity contribution in [1.82, 2.24) is 5.32 Å². The van der Waals surface area contributed by atoms with E-state index < -0.39 is 0 Å². The summed E-state index contributed by atoms with van der Waals surface area (Å²) in [6, 6.07) is 16.5. The predicted octanol–water partition coefficient (Wildman–Crippen LogP) is 3.17. The standard InChI is InChI=1S/C17H18N2O2S/c1-2-22-15-11-7-6-10-14(15)19-16(20)12-18-17(21)13-8-4-3-5-9-13/h3-11H,2,12H2,1H3,(H,18,21)(H,19,20). The molecular formula is C17H18N2O2S. The zero-order valence-electron chi connectivity index (χ0n) is 12.3. The molecule has 0 aromatic heterocycles. The van der Waals surface area contributed by atoms with Gasteiger partial charge in [-0.2, -0.15) is 0 Å². The molecule has 0 aliphatic heterocycles. The third kappa shape index (κ3) is 4.63. The van der Waals surface area contributed by atoms with Crippen LogP contribution >= 0.6 is 11.8 Å². The Morgan fingerprint density at radius 1 is 1.00 bits per heavy atom. The van der Waals surface area contributed by atoms with Crippen LogP contribution in [0.5, 0.6) is 0 Å². The van der Waals surface area contributed by atoms with E-state index in [9.17, 15) is 9.59 Å². The number of nitrogens with one attached hydrogen (secondary N) is 2. The van der Waals surface area contributed by atoms with Gasteiger partial charge in [-0.1, -0.05) is 37.3 Å². The first-order chi connectivity index (χ1) is 10.7. The van der Waals surface area contributed by atoms with E-state index in [1.54, 1.807) is 36.0 Å². The lowest BCUT2D eigenvalue weighted by atomic mass is 10.2. The van der Waals surface area contributed by atoms with Crippen LogP contribution in [0.15, 0.2) is 59.5 Å².